The van der Waals surface area contributed by atoms with Crippen LogP contribution < -0.4 is 10.2 Å². The van der Waals surface area contributed by atoms with E-state index in [1.165, 1.54) is 28.6 Å². The lowest BCUT2D eigenvalue weighted by molar-refractivity contribution is -0.115. The van der Waals surface area contributed by atoms with Crippen molar-refractivity contribution in [1.82, 2.24) is 5.32 Å². The standard InChI is InChI=1S/C25H26ClN3OS/c1-6-29-21-11-10-17(12-18(21)15(2)14-25(29,4)5)13-22-23(30)28-24(31-22)27-20-9-7-8-19(26)16(20)3/h7-14H,6H2,1-5H3,(H,27,28,30)/b22-13+. The van der Waals surface area contributed by atoms with E-state index in [1.54, 1.807) is 0 Å². The monoisotopic (exact) mass is 451 g/mol. The number of nitrogens with zero attached hydrogens (tertiary/aromatic N) is 2. The van der Waals surface area contributed by atoms with Gasteiger partial charge in [0.2, 0.25) is 0 Å². The van der Waals surface area contributed by atoms with Crippen LogP contribution in [0.15, 0.2) is 52.4 Å². The Morgan fingerprint density at radius 3 is 2.74 bits per heavy atom. The molecule has 2 aliphatic rings. The second-order valence-electron chi connectivity index (χ2n) is 8.37. The van der Waals surface area contributed by atoms with Gasteiger partial charge in [0.15, 0.2) is 5.17 Å². The molecule has 2 aliphatic heterocycles. The molecule has 0 spiro atoms. The number of halogens is 1. The maximum Gasteiger partial charge on any atom is 0.264 e. The van der Waals surface area contributed by atoms with Gasteiger partial charge in [0.05, 0.1) is 16.1 Å². The first-order valence-corrected chi connectivity index (χ1v) is 11.6. The minimum absolute atomic E-state index is 0.0170. The number of benzene rings is 2. The highest BCUT2D eigenvalue weighted by molar-refractivity contribution is 8.18. The van der Waals surface area contributed by atoms with Crippen LogP contribution in [0.5, 0.6) is 0 Å². The van der Waals surface area contributed by atoms with Crippen molar-refractivity contribution in [1.29, 1.82) is 0 Å². The zero-order valence-electron chi connectivity index (χ0n) is 18.4. The van der Waals surface area contributed by atoms with Gasteiger partial charge in [-0.3, -0.25) is 4.79 Å². The Kier molecular flexibility index (Phi) is 5.75. The number of anilines is 1. The number of fused-ring (bicyclic) bond motifs is 1. The summed E-state index contributed by atoms with van der Waals surface area (Å²) in [6.07, 6.45) is 4.24. The Bertz CT molecular complexity index is 1160. The number of amides is 1. The number of hydrogen-bond acceptors (Lipinski definition) is 4. The predicted octanol–water partition coefficient (Wildman–Crippen LogP) is 6.56. The molecule has 0 radical (unpaired) electrons. The van der Waals surface area contributed by atoms with Crippen LogP contribution in [0.2, 0.25) is 5.02 Å². The van der Waals surface area contributed by atoms with Crippen LogP contribution >= 0.6 is 23.4 Å². The van der Waals surface area contributed by atoms with Crippen LogP contribution in [0.4, 0.5) is 11.4 Å². The van der Waals surface area contributed by atoms with Gasteiger partial charge in [0, 0.05) is 22.8 Å². The Morgan fingerprint density at radius 2 is 2.00 bits per heavy atom. The number of carbonyl (C=O) groups excluding carboxylic acids is 1. The molecular formula is C25H26ClN3OS. The van der Waals surface area contributed by atoms with Crippen molar-refractivity contribution < 1.29 is 4.79 Å². The van der Waals surface area contributed by atoms with Crippen molar-refractivity contribution >= 4 is 57.5 Å². The molecule has 1 N–H and O–H groups in total. The van der Waals surface area contributed by atoms with E-state index >= 15 is 0 Å². The summed E-state index contributed by atoms with van der Waals surface area (Å²) in [6.45, 7) is 11.7. The van der Waals surface area contributed by atoms with E-state index in [4.69, 9.17) is 11.6 Å². The molecule has 0 unspecified atom stereocenters. The largest absolute Gasteiger partial charge is 0.363 e. The molecule has 31 heavy (non-hydrogen) atoms. The fourth-order valence-corrected chi connectivity index (χ4v) is 5.23. The van der Waals surface area contributed by atoms with E-state index in [1.807, 2.05) is 31.2 Å². The van der Waals surface area contributed by atoms with Gasteiger partial charge in [-0.15, -0.1) is 0 Å². The topological polar surface area (TPSA) is 44.7 Å². The van der Waals surface area contributed by atoms with E-state index in [0.717, 1.165) is 23.4 Å². The number of aliphatic imine (C=N–C) groups is 1. The number of rotatable bonds is 3. The Labute approximate surface area is 193 Å². The van der Waals surface area contributed by atoms with Gasteiger partial charge in [-0.25, -0.2) is 4.99 Å². The van der Waals surface area contributed by atoms with Crippen molar-refractivity contribution in [3.05, 3.63) is 69.1 Å². The number of thioether (sulfide) groups is 1. The van der Waals surface area contributed by atoms with E-state index in [-0.39, 0.29) is 11.4 Å². The number of carbonyl (C=O) groups is 1. The average molecular weight is 452 g/mol. The summed E-state index contributed by atoms with van der Waals surface area (Å²) < 4.78 is 0. The van der Waals surface area contributed by atoms with Gasteiger partial charge in [-0.2, -0.15) is 0 Å². The van der Waals surface area contributed by atoms with E-state index in [2.05, 4.69) is 67.2 Å². The van der Waals surface area contributed by atoms with E-state index in [0.29, 0.717) is 15.1 Å². The van der Waals surface area contributed by atoms with Crippen LogP contribution in [0, 0.1) is 6.92 Å². The molecule has 0 aromatic heterocycles. The van der Waals surface area contributed by atoms with Crippen molar-refractivity contribution in [2.75, 3.05) is 11.4 Å². The second kappa shape index (κ2) is 8.21. The summed E-state index contributed by atoms with van der Waals surface area (Å²) in [5.74, 6) is -0.135. The predicted molar refractivity (Wildman–Crippen MR) is 134 cm³/mol. The number of amidine groups is 1. The van der Waals surface area contributed by atoms with Gasteiger partial charge >= 0.3 is 0 Å². The molecule has 2 aromatic carbocycles. The molecule has 2 aromatic rings. The summed E-state index contributed by atoms with van der Waals surface area (Å²) in [5.41, 5.74) is 6.33. The minimum Gasteiger partial charge on any atom is -0.363 e. The van der Waals surface area contributed by atoms with Gasteiger partial charge in [-0.05, 0) is 93.4 Å². The maximum atomic E-state index is 12.5. The smallest absolute Gasteiger partial charge is 0.264 e. The van der Waals surface area contributed by atoms with E-state index in [9.17, 15) is 4.79 Å². The molecule has 1 amide bonds. The summed E-state index contributed by atoms with van der Waals surface area (Å²) in [5, 5.41) is 4.09. The minimum atomic E-state index is -0.135. The average Bonchev–Trinajstić information content (AvgIpc) is 3.04. The van der Waals surface area contributed by atoms with Gasteiger partial charge in [-0.1, -0.05) is 29.8 Å². The summed E-state index contributed by atoms with van der Waals surface area (Å²) >= 11 is 7.54. The zero-order chi connectivity index (χ0) is 22.3. The normalized spacial score (nSPS) is 20.1. The fourth-order valence-electron chi connectivity index (χ4n) is 4.23. The van der Waals surface area contributed by atoms with E-state index < -0.39 is 0 Å². The molecule has 0 bridgehead atoms. The highest BCUT2D eigenvalue weighted by atomic mass is 35.5. The molecule has 4 nitrogen and oxygen atoms in total. The third-order valence-electron chi connectivity index (χ3n) is 5.73. The van der Waals surface area contributed by atoms with Crippen LogP contribution in [-0.2, 0) is 4.79 Å². The molecule has 0 aliphatic carbocycles. The molecule has 4 rings (SSSR count). The molecule has 0 saturated carbocycles. The summed E-state index contributed by atoms with van der Waals surface area (Å²) in [4.78, 5) is 20.2. The van der Waals surface area contributed by atoms with Crippen LogP contribution in [0.3, 0.4) is 0 Å². The van der Waals surface area contributed by atoms with Crippen LogP contribution in [-0.4, -0.2) is 23.2 Å². The number of likely N-dealkylation sites (N-methyl/N-ethyl adjacent to an activating group) is 1. The number of allylic oxidation sites excluding steroid dienone is 1. The van der Waals surface area contributed by atoms with Crippen molar-refractivity contribution in [3.63, 3.8) is 0 Å². The first-order valence-electron chi connectivity index (χ1n) is 10.4. The molecule has 2 heterocycles. The Hall–Kier alpha value is -2.50. The fraction of sp³-hybridized carbons (Fsp3) is 0.280. The van der Waals surface area contributed by atoms with Gasteiger partial charge in [0.25, 0.3) is 5.91 Å². The molecule has 1 saturated heterocycles. The molecule has 1 fully saturated rings. The zero-order valence-corrected chi connectivity index (χ0v) is 20.0. The highest BCUT2D eigenvalue weighted by Crippen LogP contribution is 2.40. The lowest BCUT2D eigenvalue weighted by atomic mass is 9.88. The lowest BCUT2D eigenvalue weighted by Crippen LogP contribution is -2.44. The van der Waals surface area contributed by atoms with Crippen molar-refractivity contribution in [2.45, 2.75) is 40.2 Å². The third kappa shape index (κ3) is 4.17. The molecular weight excluding hydrogens is 426 g/mol. The summed E-state index contributed by atoms with van der Waals surface area (Å²) in [7, 11) is 0. The highest BCUT2D eigenvalue weighted by Gasteiger charge is 2.30. The van der Waals surface area contributed by atoms with Gasteiger partial charge < -0.3 is 10.2 Å². The molecule has 0 atom stereocenters. The second-order valence-corrected chi connectivity index (χ2v) is 9.81. The number of nitrogens with one attached hydrogen (secondary N) is 1. The first kappa shape index (κ1) is 21.7. The van der Waals surface area contributed by atoms with Crippen molar-refractivity contribution in [3.8, 4) is 0 Å². The molecule has 160 valence electrons. The lowest BCUT2D eigenvalue weighted by Gasteiger charge is -2.42. The summed E-state index contributed by atoms with van der Waals surface area (Å²) in [6, 6.07) is 12.0. The van der Waals surface area contributed by atoms with Crippen molar-refractivity contribution in [2.24, 2.45) is 4.99 Å². The van der Waals surface area contributed by atoms with Crippen LogP contribution in [0.25, 0.3) is 11.6 Å². The van der Waals surface area contributed by atoms with Gasteiger partial charge in [0.1, 0.15) is 0 Å². The SMILES string of the molecule is CCN1c2ccc(/C=C3/SC(=Nc4cccc(Cl)c4C)NC3=O)cc2C(C)=CC1(C)C. The Morgan fingerprint density at radius 1 is 1.23 bits per heavy atom. The molecule has 6 heteroatoms. The van der Waals surface area contributed by atoms with Crippen LogP contribution in [0.1, 0.15) is 44.4 Å². The third-order valence-corrected chi connectivity index (χ3v) is 7.05. The maximum absolute atomic E-state index is 12.5. The Balaban J connectivity index is 1.64. The quantitative estimate of drug-likeness (QED) is 0.537. The first-order chi connectivity index (χ1) is 14.7. The number of hydrogen-bond donors (Lipinski definition) is 1.